The van der Waals surface area contributed by atoms with Gasteiger partial charge in [-0.3, -0.25) is 23.8 Å². The fourth-order valence-electron chi connectivity index (χ4n) is 1.19. The van der Waals surface area contributed by atoms with Crippen LogP contribution in [0.4, 0.5) is 0 Å². The van der Waals surface area contributed by atoms with Crippen LogP contribution in [-0.4, -0.2) is 52.6 Å². The van der Waals surface area contributed by atoms with E-state index in [0.717, 1.165) is 0 Å². The van der Waals surface area contributed by atoms with Crippen molar-refractivity contribution in [3.63, 3.8) is 0 Å². The Bertz CT molecular complexity index is 425. The van der Waals surface area contributed by atoms with Crippen molar-refractivity contribution < 1.29 is 32.5 Å². The number of hydrogen-bond acceptors (Lipinski definition) is 5. The number of imide groups is 1. The minimum Gasteiger partial charge on any atom is -0.480 e. The lowest BCUT2D eigenvalue weighted by molar-refractivity contribution is -0.148. The average molecular weight is 237 g/mol. The highest BCUT2D eigenvalue weighted by atomic mass is 32.2. The molecule has 15 heavy (non-hydrogen) atoms. The van der Waals surface area contributed by atoms with Gasteiger partial charge in [-0.2, -0.15) is 8.42 Å². The Labute approximate surface area is 84.2 Å². The Kier molecular flexibility index (Phi) is 2.77. The Hall–Kier alpha value is -1.48. The summed E-state index contributed by atoms with van der Waals surface area (Å²) in [6.45, 7) is -0.899. The van der Waals surface area contributed by atoms with Gasteiger partial charge in [0.15, 0.2) is 5.25 Å². The molecule has 9 heteroatoms. The molecule has 0 spiro atoms. The van der Waals surface area contributed by atoms with Crippen LogP contribution in [0.1, 0.15) is 6.42 Å². The molecule has 0 radical (unpaired) electrons. The average Bonchev–Trinajstić information content (AvgIpc) is 2.30. The lowest BCUT2D eigenvalue weighted by Crippen LogP contribution is -2.38. The van der Waals surface area contributed by atoms with Crippen molar-refractivity contribution in [3.05, 3.63) is 0 Å². The third-order valence-electron chi connectivity index (χ3n) is 1.86. The second-order valence-corrected chi connectivity index (χ2v) is 4.52. The molecule has 1 unspecified atom stereocenters. The quantitative estimate of drug-likeness (QED) is 0.432. The molecule has 0 saturated carbocycles. The maximum atomic E-state index is 11.2. The highest BCUT2D eigenvalue weighted by Crippen LogP contribution is 2.18. The zero-order valence-electron chi connectivity index (χ0n) is 7.28. The van der Waals surface area contributed by atoms with Gasteiger partial charge in [0.25, 0.3) is 16.0 Å². The molecule has 0 aliphatic carbocycles. The van der Waals surface area contributed by atoms with Crippen molar-refractivity contribution in [2.75, 3.05) is 6.54 Å². The molecule has 2 amide bonds. The van der Waals surface area contributed by atoms with Gasteiger partial charge < -0.3 is 5.11 Å². The van der Waals surface area contributed by atoms with Gasteiger partial charge in [-0.05, 0) is 0 Å². The number of likely N-dealkylation sites (tertiary alicyclic amines) is 1. The van der Waals surface area contributed by atoms with Crippen molar-refractivity contribution >= 4 is 27.9 Å². The molecule has 0 aromatic heterocycles. The largest absolute Gasteiger partial charge is 0.480 e. The van der Waals surface area contributed by atoms with E-state index in [1.807, 2.05) is 0 Å². The summed E-state index contributed by atoms with van der Waals surface area (Å²) in [6.07, 6.45) is -0.717. The zero-order chi connectivity index (χ0) is 11.8. The SMILES string of the molecule is O=C(O)CN1C(=O)CC(S(=O)(=O)O)C1=O. The Morgan fingerprint density at radius 1 is 1.47 bits per heavy atom. The van der Waals surface area contributed by atoms with Gasteiger partial charge in [0, 0.05) is 0 Å². The van der Waals surface area contributed by atoms with E-state index in [1.165, 1.54) is 0 Å². The van der Waals surface area contributed by atoms with Crippen LogP contribution in [0.2, 0.25) is 0 Å². The van der Waals surface area contributed by atoms with E-state index in [1.54, 1.807) is 0 Å². The van der Waals surface area contributed by atoms with Gasteiger partial charge in [0.05, 0.1) is 6.42 Å². The van der Waals surface area contributed by atoms with E-state index in [2.05, 4.69) is 0 Å². The van der Waals surface area contributed by atoms with Gasteiger partial charge in [-0.15, -0.1) is 0 Å². The first-order chi connectivity index (χ1) is 6.73. The van der Waals surface area contributed by atoms with E-state index in [0.29, 0.717) is 4.90 Å². The van der Waals surface area contributed by atoms with Gasteiger partial charge in [0.1, 0.15) is 6.54 Å². The lowest BCUT2D eigenvalue weighted by atomic mass is 10.4. The fraction of sp³-hybridized carbons (Fsp3) is 0.500. The summed E-state index contributed by atoms with van der Waals surface area (Å²) in [5, 5.41) is 6.47. The number of carbonyl (C=O) groups excluding carboxylic acids is 2. The van der Waals surface area contributed by atoms with Gasteiger partial charge >= 0.3 is 5.97 Å². The molecular formula is C6H7NO7S. The number of nitrogens with zero attached hydrogens (tertiary/aromatic N) is 1. The smallest absolute Gasteiger partial charge is 0.323 e. The molecule has 2 N–H and O–H groups in total. The second-order valence-electron chi connectivity index (χ2n) is 2.92. The third-order valence-corrected chi connectivity index (χ3v) is 2.94. The van der Waals surface area contributed by atoms with E-state index in [-0.39, 0.29) is 0 Å². The first kappa shape index (κ1) is 11.6. The topological polar surface area (TPSA) is 129 Å². The maximum absolute atomic E-state index is 11.2. The molecule has 1 heterocycles. The molecular weight excluding hydrogens is 230 g/mol. The highest BCUT2D eigenvalue weighted by Gasteiger charge is 2.46. The number of hydrogen-bond donors (Lipinski definition) is 2. The van der Waals surface area contributed by atoms with Gasteiger partial charge in [-0.25, -0.2) is 0 Å². The summed E-state index contributed by atoms with van der Waals surface area (Å²) in [6, 6.07) is 0. The summed E-state index contributed by atoms with van der Waals surface area (Å²) >= 11 is 0. The molecule has 1 rings (SSSR count). The minimum atomic E-state index is -4.66. The van der Waals surface area contributed by atoms with Crippen molar-refractivity contribution in [2.45, 2.75) is 11.7 Å². The third kappa shape index (κ3) is 2.30. The summed E-state index contributed by atoms with van der Waals surface area (Å²) < 4.78 is 29.8. The van der Waals surface area contributed by atoms with Gasteiger partial charge in [0.2, 0.25) is 5.91 Å². The van der Waals surface area contributed by atoms with E-state index in [9.17, 15) is 22.8 Å². The Balaban J connectivity index is 2.94. The number of rotatable bonds is 3. The Morgan fingerprint density at radius 3 is 2.33 bits per heavy atom. The van der Waals surface area contributed by atoms with Crippen molar-refractivity contribution in [1.29, 1.82) is 0 Å². The van der Waals surface area contributed by atoms with Crippen LogP contribution in [0, 0.1) is 0 Å². The summed E-state index contributed by atoms with van der Waals surface area (Å²) in [5.74, 6) is -3.57. The molecule has 1 aliphatic heterocycles. The van der Waals surface area contributed by atoms with Crippen LogP contribution in [0.15, 0.2) is 0 Å². The van der Waals surface area contributed by atoms with Crippen molar-refractivity contribution in [3.8, 4) is 0 Å². The van der Waals surface area contributed by atoms with E-state index < -0.39 is 46.1 Å². The van der Waals surface area contributed by atoms with Crippen molar-refractivity contribution in [2.24, 2.45) is 0 Å². The van der Waals surface area contributed by atoms with Crippen LogP contribution in [0.25, 0.3) is 0 Å². The number of aliphatic carboxylic acids is 1. The van der Waals surface area contributed by atoms with Gasteiger partial charge in [-0.1, -0.05) is 0 Å². The van der Waals surface area contributed by atoms with E-state index in [4.69, 9.17) is 9.66 Å². The predicted molar refractivity (Wildman–Crippen MR) is 44.3 cm³/mol. The van der Waals surface area contributed by atoms with E-state index >= 15 is 0 Å². The van der Waals surface area contributed by atoms with Crippen molar-refractivity contribution in [1.82, 2.24) is 4.90 Å². The molecule has 1 atom stereocenters. The zero-order valence-corrected chi connectivity index (χ0v) is 8.10. The molecule has 84 valence electrons. The number of amides is 2. The Morgan fingerprint density at radius 2 is 2.00 bits per heavy atom. The molecule has 1 saturated heterocycles. The van der Waals surface area contributed by atoms with Crippen LogP contribution in [0.3, 0.4) is 0 Å². The molecule has 0 aromatic carbocycles. The molecule has 1 aliphatic rings. The first-order valence-electron chi connectivity index (χ1n) is 3.76. The first-order valence-corrected chi connectivity index (χ1v) is 5.26. The lowest BCUT2D eigenvalue weighted by Gasteiger charge is -2.10. The van der Waals surface area contributed by atoms with Crippen LogP contribution >= 0.6 is 0 Å². The number of carbonyl (C=O) groups is 3. The molecule has 0 aromatic rings. The predicted octanol–water partition coefficient (Wildman–Crippen LogP) is -1.91. The maximum Gasteiger partial charge on any atom is 0.323 e. The second kappa shape index (κ2) is 3.59. The normalized spacial score (nSPS) is 22.2. The monoisotopic (exact) mass is 237 g/mol. The molecule has 8 nitrogen and oxygen atoms in total. The van der Waals surface area contributed by atoms with Crippen LogP contribution in [0.5, 0.6) is 0 Å². The fourth-order valence-corrected chi connectivity index (χ4v) is 1.92. The highest BCUT2D eigenvalue weighted by molar-refractivity contribution is 7.87. The number of carboxylic acids is 1. The molecule has 0 bridgehead atoms. The standard InChI is InChI=1S/C6H7NO7S/c8-4-1-3(15(12,13)14)6(11)7(4)2-5(9)10/h3H,1-2H2,(H,9,10)(H,12,13,14). The summed E-state index contributed by atoms with van der Waals surface area (Å²) in [5.41, 5.74) is 0. The molecule has 1 fully saturated rings. The van der Waals surface area contributed by atoms with Crippen LogP contribution < -0.4 is 0 Å². The minimum absolute atomic E-state index is 0.292. The number of carboxylic acid groups (broad SMARTS) is 1. The summed E-state index contributed by atoms with van der Waals surface area (Å²) in [7, 11) is -4.66. The van der Waals surface area contributed by atoms with Crippen LogP contribution in [-0.2, 0) is 24.5 Å². The summed E-state index contributed by atoms with van der Waals surface area (Å²) in [4.78, 5) is 32.8.